The number of aromatic nitrogens is 2. The number of para-hydroxylation sites is 1. The minimum absolute atomic E-state index is 0.0539. The average Bonchev–Trinajstić information content (AvgIpc) is 3.19. The molecule has 1 aromatic heterocycles. The fraction of sp³-hybridized carbons (Fsp3) is 0.318. The summed E-state index contributed by atoms with van der Waals surface area (Å²) in [4.78, 5) is 19.3. The second-order valence-electron chi connectivity index (χ2n) is 6.91. The summed E-state index contributed by atoms with van der Waals surface area (Å²) < 4.78 is 11.3. The van der Waals surface area contributed by atoms with E-state index in [1.807, 2.05) is 63.2 Å². The van der Waals surface area contributed by atoms with Gasteiger partial charge in [0.15, 0.2) is 6.10 Å². The molecule has 0 saturated carbocycles. The summed E-state index contributed by atoms with van der Waals surface area (Å²) in [6.07, 6.45) is -0.0324. The van der Waals surface area contributed by atoms with Crippen LogP contribution in [0.3, 0.4) is 0 Å². The second-order valence-corrected chi connectivity index (χ2v) is 7.34. The SMILES string of the molecule is CC[C@@H](Oc1ccccc1)C(=O)N(Cc1nc(-c2ccc(Cl)cc2)no1)C(C)C. The third-order valence-corrected chi connectivity index (χ3v) is 4.70. The van der Waals surface area contributed by atoms with Crippen molar-refractivity contribution < 1.29 is 14.1 Å². The van der Waals surface area contributed by atoms with Gasteiger partial charge >= 0.3 is 0 Å². The maximum absolute atomic E-state index is 13.1. The quantitative estimate of drug-likeness (QED) is 0.520. The highest BCUT2D eigenvalue weighted by molar-refractivity contribution is 6.30. The van der Waals surface area contributed by atoms with E-state index in [1.165, 1.54) is 0 Å². The van der Waals surface area contributed by atoms with Gasteiger partial charge in [0.05, 0.1) is 0 Å². The topological polar surface area (TPSA) is 68.5 Å². The van der Waals surface area contributed by atoms with Crippen LogP contribution in [-0.4, -0.2) is 33.1 Å². The Morgan fingerprint density at radius 1 is 1.14 bits per heavy atom. The van der Waals surface area contributed by atoms with Gasteiger partial charge in [-0.2, -0.15) is 4.98 Å². The fourth-order valence-electron chi connectivity index (χ4n) is 2.85. The minimum Gasteiger partial charge on any atom is -0.481 e. The molecule has 0 radical (unpaired) electrons. The molecule has 0 aliphatic rings. The van der Waals surface area contributed by atoms with Crippen molar-refractivity contribution in [3.63, 3.8) is 0 Å². The number of hydrogen-bond donors (Lipinski definition) is 0. The number of amides is 1. The predicted molar refractivity (Wildman–Crippen MR) is 112 cm³/mol. The standard InChI is InChI=1S/C22H24ClN3O3/c1-4-19(28-18-8-6-5-7-9-18)22(27)26(15(2)3)14-20-24-21(25-29-20)16-10-12-17(23)13-11-16/h5-13,15,19H,4,14H2,1-3H3/t19-/m1/s1. The first-order valence-corrected chi connectivity index (χ1v) is 9.96. The first-order valence-electron chi connectivity index (χ1n) is 9.58. The zero-order chi connectivity index (χ0) is 20.8. The van der Waals surface area contributed by atoms with E-state index >= 15 is 0 Å². The number of rotatable bonds is 8. The molecule has 1 heterocycles. The van der Waals surface area contributed by atoms with Gasteiger partial charge in [-0.3, -0.25) is 4.79 Å². The lowest BCUT2D eigenvalue weighted by Gasteiger charge is -2.29. The Kier molecular flexibility index (Phi) is 6.88. The van der Waals surface area contributed by atoms with Gasteiger partial charge in [0.2, 0.25) is 11.7 Å². The Balaban J connectivity index is 1.74. The zero-order valence-electron chi connectivity index (χ0n) is 16.7. The van der Waals surface area contributed by atoms with Crippen molar-refractivity contribution in [2.45, 2.75) is 45.9 Å². The molecule has 0 spiro atoms. The molecule has 0 aliphatic carbocycles. The molecule has 2 aromatic carbocycles. The van der Waals surface area contributed by atoms with Crippen LogP contribution in [0.4, 0.5) is 0 Å². The number of nitrogens with zero attached hydrogens (tertiary/aromatic N) is 3. The Labute approximate surface area is 175 Å². The number of ether oxygens (including phenoxy) is 1. The molecule has 3 rings (SSSR count). The van der Waals surface area contributed by atoms with Gasteiger partial charge in [-0.1, -0.05) is 41.9 Å². The Hall–Kier alpha value is -2.86. The molecule has 0 aliphatic heterocycles. The molecule has 1 atom stereocenters. The molecule has 7 heteroatoms. The number of hydrogen-bond acceptors (Lipinski definition) is 5. The highest BCUT2D eigenvalue weighted by atomic mass is 35.5. The van der Waals surface area contributed by atoms with E-state index in [-0.39, 0.29) is 18.5 Å². The first kappa shape index (κ1) is 20.9. The molecule has 29 heavy (non-hydrogen) atoms. The summed E-state index contributed by atoms with van der Waals surface area (Å²) in [5.41, 5.74) is 0.797. The van der Waals surface area contributed by atoms with Crippen molar-refractivity contribution in [3.05, 3.63) is 65.5 Å². The maximum atomic E-state index is 13.1. The summed E-state index contributed by atoms with van der Waals surface area (Å²) in [5, 5.41) is 4.66. The molecule has 0 bridgehead atoms. The van der Waals surface area contributed by atoms with Crippen LogP contribution in [0, 0.1) is 0 Å². The molecule has 152 valence electrons. The van der Waals surface area contributed by atoms with Crippen LogP contribution in [0.5, 0.6) is 5.75 Å². The smallest absolute Gasteiger partial charge is 0.264 e. The predicted octanol–water partition coefficient (Wildman–Crippen LogP) is 4.98. The van der Waals surface area contributed by atoms with E-state index < -0.39 is 6.10 Å². The van der Waals surface area contributed by atoms with Crippen molar-refractivity contribution in [3.8, 4) is 17.1 Å². The number of carbonyl (C=O) groups is 1. The summed E-state index contributed by atoms with van der Waals surface area (Å²) >= 11 is 5.92. The fourth-order valence-corrected chi connectivity index (χ4v) is 2.98. The highest BCUT2D eigenvalue weighted by Gasteiger charge is 2.28. The van der Waals surface area contributed by atoms with Crippen LogP contribution in [0.25, 0.3) is 11.4 Å². The third kappa shape index (κ3) is 5.35. The van der Waals surface area contributed by atoms with Gasteiger partial charge in [0, 0.05) is 16.6 Å². The number of carbonyl (C=O) groups excluding carboxylic acids is 1. The summed E-state index contributed by atoms with van der Waals surface area (Å²) in [7, 11) is 0. The summed E-state index contributed by atoms with van der Waals surface area (Å²) in [6.45, 7) is 6.04. The Bertz CT molecular complexity index is 926. The van der Waals surface area contributed by atoms with Crippen molar-refractivity contribution in [1.29, 1.82) is 0 Å². The van der Waals surface area contributed by atoms with Gasteiger partial charge < -0.3 is 14.2 Å². The van der Waals surface area contributed by atoms with Crippen molar-refractivity contribution in [2.75, 3.05) is 0 Å². The van der Waals surface area contributed by atoms with Gasteiger partial charge in [-0.05, 0) is 56.7 Å². The lowest BCUT2D eigenvalue weighted by molar-refractivity contribution is -0.141. The number of halogens is 1. The van der Waals surface area contributed by atoms with Crippen molar-refractivity contribution >= 4 is 17.5 Å². The van der Waals surface area contributed by atoms with Gasteiger partial charge in [0.1, 0.15) is 12.3 Å². The molecule has 0 saturated heterocycles. The van der Waals surface area contributed by atoms with Crippen LogP contribution in [0.1, 0.15) is 33.1 Å². The van der Waals surface area contributed by atoms with Crippen LogP contribution in [-0.2, 0) is 11.3 Å². The lowest BCUT2D eigenvalue weighted by atomic mass is 10.2. The second kappa shape index (κ2) is 9.56. The van der Waals surface area contributed by atoms with Gasteiger partial charge in [-0.25, -0.2) is 0 Å². The van der Waals surface area contributed by atoms with Crippen LogP contribution in [0.2, 0.25) is 5.02 Å². The van der Waals surface area contributed by atoms with E-state index in [4.69, 9.17) is 20.9 Å². The molecular formula is C22H24ClN3O3. The highest BCUT2D eigenvalue weighted by Crippen LogP contribution is 2.20. The van der Waals surface area contributed by atoms with Crippen molar-refractivity contribution in [2.24, 2.45) is 0 Å². The largest absolute Gasteiger partial charge is 0.481 e. The van der Waals surface area contributed by atoms with Crippen LogP contribution < -0.4 is 4.74 Å². The van der Waals surface area contributed by atoms with Gasteiger partial charge in [-0.15, -0.1) is 0 Å². The van der Waals surface area contributed by atoms with E-state index in [2.05, 4.69) is 10.1 Å². The third-order valence-electron chi connectivity index (χ3n) is 4.45. The molecule has 6 nitrogen and oxygen atoms in total. The Morgan fingerprint density at radius 2 is 1.83 bits per heavy atom. The molecule has 3 aromatic rings. The van der Waals surface area contributed by atoms with Crippen molar-refractivity contribution in [1.82, 2.24) is 15.0 Å². The summed E-state index contributed by atoms with van der Waals surface area (Å²) in [5.74, 6) is 1.38. The summed E-state index contributed by atoms with van der Waals surface area (Å²) in [6, 6.07) is 16.5. The molecule has 0 unspecified atom stereocenters. The van der Waals surface area contributed by atoms with Crippen LogP contribution >= 0.6 is 11.6 Å². The van der Waals surface area contributed by atoms with Crippen LogP contribution in [0.15, 0.2) is 59.1 Å². The van der Waals surface area contributed by atoms with E-state index in [1.54, 1.807) is 17.0 Å². The van der Waals surface area contributed by atoms with E-state index in [9.17, 15) is 4.79 Å². The number of benzene rings is 2. The zero-order valence-corrected chi connectivity index (χ0v) is 17.5. The Morgan fingerprint density at radius 3 is 2.45 bits per heavy atom. The normalized spacial score (nSPS) is 12.0. The molecule has 0 N–H and O–H groups in total. The van der Waals surface area contributed by atoms with E-state index in [0.717, 1.165) is 5.56 Å². The monoisotopic (exact) mass is 413 g/mol. The molecule has 1 amide bonds. The average molecular weight is 414 g/mol. The lowest BCUT2D eigenvalue weighted by Crippen LogP contribution is -2.44. The molecule has 0 fully saturated rings. The first-order chi connectivity index (χ1) is 14.0. The van der Waals surface area contributed by atoms with Gasteiger partial charge in [0.25, 0.3) is 5.91 Å². The maximum Gasteiger partial charge on any atom is 0.264 e. The van der Waals surface area contributed by atoms with E-state index in [0.29, 0.717) is 28.9 Å². The minimum atomic E-state index is -0.585. The molecular weight excluding hydrogens is 390 g/mol.